The van der Waals surface area contributed by atoms with E-state index in [2.05, 4.69) is 4.98 Å². The van der Waals surface area contributed by atoms with Crippen molar-refractivity contribution in [2.24, 2.45) is 0 Å². The van der Waals surface area contributed by atoms with Crippen LogP contribution in [0.1, 0.15) is 36.2 Å². The molecule has 0 bridgehead atoms. The summed E-state index contributed by atoms with van der Waals surface area (Å²) >= 11 is 5.80. The topological polar surface area (TPSA) is 56.3 Å². The summed E-state index contributed by atoms with van der Waals surface area (Å²) in [5, 5.41) is 9.42. The van der Waals surface area contributed by atoms with Gasteiger partial charge in [0.25, 0.3) is 5.91 Å². The van der Waals surface area contributed by atoms with Gasteiger partial charge in [0.05, 0.1) is 5.02 Å². The third-order valence-corrected chi connectivity index (χ3v) is 3.43. The van der Waals surface area contributed by atoms with E-state index in [1.54, 1.807) is 12.3 Å². The Morgan fingerprint density at radius 2 is 2.35 bits per heavy atom. The average Bonchev–Trinajstić information content (AvgIpc) is 2.67. The van der Waals surface area contributed by atoms with Gasteiger partial charge in [-0.1, -0.05) is 11.6 Å². The molecule has 17 heavy (non-hydrogen) atoms. The Hall–Kier alpha value is -1.00. The van der Waals surface area contributed by atoms with Gasteiger partial charge in [-0.25, -0.2) is 0 Å². The lowest BCUT2D eigenvalue weighted by Gasteiger charge is -2.37. The van der Waals surface area contributed by atoms with Crippen LogP contribution in [0.25, 0.3) is 0 Å². The Labute approximate surface area is 106 Å². The summed E-state index contributed by atoms with van der Waals surface area (Å²) < 4.78 is 0. The predicted molar refractivity (Wildman–Crippen MR) is 66.2 cm³/mol. The van der Waals surface area contributed by atoms with Crippen LogP contribution in [0.5, 0.6) is 0 Å². The maximum atomic E-state index is 12.3. The van der Waals surface area contributed by atoms with Gasteiger partial charge in [0.15, 0.2) is 0 Å². The molecule has 2 rings (SSSR count). The van der Waals surface area contributed by atoms with Crippen molar-refractivity contribution >= 4 is 17.5 Å². The first-order chi connectivity index (χ1) is 8.22. The first-order valence-electron chi connectivity index (χ1n) is 5.98. The lowest BCUT2D eigenvalue weighted by atomic mass is 9.91. The molecule has 0 saturated heterocycles. The van der Waals surface area contributed by atoms with Crippen molar-refractivity contribution in [3.8, 4) is 0 Å². The minimum atomic E-state index is -0.0185. The second-order valence-corrected chi connectivity index (χ2v) is 4.83. The van der Waals surface area contributed by atoms with Crippen molar-refractivity contribution in [3.63, 3.8) is 0 Å². The minimum absolute atomic E-state index is 0.0185. The summed E-state index contributed by atoms with van der Waals surface area (Å²) in [7, 11) is 0. The molecule has 1 saturated carbocycles. The Morgan fingerprint density at radius 1 is 1.59 bits per heavy atom. The van der Waals surface area contributed by atoms with E-state index in [0.29, 0.717) is 29.7 Å². The summed E-state index contributed by atoms with van der Waals surface area (Å²) in [6, 6.07) is 1.98. The molecule has 0 unspecified atom stereocenters. The largest absolute Gasteiger partial charge is 0.396 e. The standard InChI is InChI=1S/C12H17ClN2O2/c13-9-7-11(14-8-9)12(17)15(5-2-6-16)10-3-1-4-10/h7-8,10,14,16H,1-6H2. The predicted octanol–water partition coefficient (Wildman–Crippen LogP) is 2.05. The SMILES string of the molecule is O=C(c1cc(Cl)c[nH]1)N(CCCO)C1CCC1. The highest BCUT2D eigenvalue weighted by molar-refractivity contribution is 6.30. The number of nitrogens with zero attached hydrogens (tertiary/aromatic N) is 1. The summed E-state index contributed by atoms with van der Waals surface area (Å²) in [5.41, 5.74) is 0.528. The van der Waals surface area contributed by atoms with E-state index in [9.17, 15) is 4.79 Å². The number of hydrogen-bond donors (Lipinski definition) is 2. The van der Waals surface area contributed by atoms with E-state index in [0.717, 1.165) is 12.8 Å². The second-order valence-electron chi connectivity index (χ2n) is 4.39. The van der Waals surface area contributed by atoms with Gasteiger partial charge in [0.1, 0.15) is 5.69 Å². The van der Waals surface area contributed by atoms with Gasteiger partial charge in [0, 0.05) is 25.4 Å². The Balaban J connectivity index is 2.06. The highest BCUT2D eigenvalue weighted by Crippen LogP contribution is 2.26. The normalized spacial score (nSPS) is 15.6. The van der Waals surface area contributed by atoms with Gasteiger partial charge in [-0.05, 0) is 31.7 Å². The van der Waals surface area contributed by atoms with Crippen LogP contribution < -0.4 is 0 Å². The molecule has 0 spiro atoms. The smallest absolute Gasteiger partial charge is 0.270 e. The van der Waals surface area contributed by atoms with E-state index >= 15 is 0 Å². The molecule has 2 N–H and O–H groups in total. The second kappa shape index (κ2) is 5.56. The Kier molecular flexibility index (Phi) is 4.07. The maximum absolute atomic E-state index is 12.3. The molecule has 1 aromatic rings. The highest BCUT2D eigenvalue weighted by atomic mass is 35.5. The van der Waals surface area contributed by atoms with Crippen molar-refractivity contribution in [2.45, 2.75) is 31.7 Å². The van der Waals surface area contributed by atoms with E-state index in [-0.39, 0.29) is 12.5 Å². The van der Waals surface area contributed by atoms with Crippen molar-refractivity contribution < 1.29 is 9.90 Å². The number of H-pyrrole nitrogens is 1. The fraction of sp³-hybridized carbons (Fsp3) is 0.583. The molecule has 1 aliphatic carbocycles. The number of aromatic nitrogens is 1. The number of rotatable bonds is 5. The van der Waals surface area contributed by atoms with Gasteiger partial charge in [0.2, 0.25) is 0 Å². The fourth-order valence-electron chi connectivity index (χ4n) is 2.04. The molecule has 4 nitrogen and oxygen atoms in total. The van der Waals surface area contributed by atoms with Crippen molar-refractivity contribution in [1.82, 2.24) is 9.88 Å². The maximum Gasteiger partial charge on any atom is 0.270 e. The van der Waals surface area contributed by atoms with Crippen LogP contribution in [-0.4, -0.2) is 40.1 Å². The molecule has 0 aromatic carbocycles. The minimum Gasteiger partial charge on any atom is -0.396 e. The van der Waals surface area contributed by atoms with Gasteiger partial charge in [-0.3, -0.25) is 4.79 Å². The fourth-order valence-corrected chi connectivity index (χ4v) is 2.20. The van der Waals surface area contributed by atoms with Crippen molar-refractivity contribution in [1.29, 1.82) is 0 Å². The number of carbonyl (C=O) groups is 1. The molecular weight excluding hydrogens is 240 g/mol. The molecule has 94 valence electrons. The summed E-state index contributed by atoms with van der Waals surface area (Å²) in [6.07, 6.45) is 5.53. The highest BCUT2D eigenvalue weighted by Gasteiger charge is 2.29. The number of aliphatic hydroxyl groups excluding tert-OH is 1. The van der Waals surface area contributed by atoms with E-state index in [1.807, 2.05) is 4.90 Å². The number of nitrogens with one attached hydrogen (secondary N) is 1. The number of hydrogen-bond acceptors (Lipinski definition) is 2. The Bertz CT molecular complexity index is 388. The van der Waals surface area contributed by atoms with Gasteiger partial charge < -0.3 is 15.0 Å². The number of amides is 1. The average molecular weight is 257 g/mol. The lowest BCUT2D eigenvalue weighted by Crippen LogP contribution is -2.45. The van der Waals surface area contributed by atoms with E-state index in [4.69, 9.17) is 16.7 Å². The zero-order chi connectivity index (χ0) is 12.3. The van der Waals surface area contributed by atoms with Crippen LogP contribution in [0.3, 0.4) is 0 Å². The molecule has 1 heterocycles. The summed E-state index contributed by atoms with van der Waals surface area (Å²) in [4.78, 5) is 17.0. The van der Waals surface area contributed by atoms with Gasteiger partial charge in [-0.15, -0.1) is 0 Å². The molecule has 1 amide bonds. The number of aliphatic hydroxyl groups is 1. The quantitative estimate of drug-likeness (QED) is 0.847. The number of carbonyl (C=O) groups excluding carboxylic acids is 1. The van der Waals surface area contributed by atoms with Crippen LogP contribution in [0.4, 0.5) is 0 Å². The zero-order valence-electron chi connectivity index (χ0n) is 9.66. The van der Waals surface area contributed by atoms with E-state index < -0.39 is 0 Å². The van der Waals surface area contributed by atoms with Crippen LogP contribution in [0.2, 0.25) is 5.02 Å². The summed E-state index contributed by atoms with van der Waals surface area (Å²) in [5.74, 6) is -0.0185. The molecule has 0 atom stereocenters. The molecule has 1 aromatic heterocycles. The van der Waals surface area contributed by atoms with Gasteiger partial charge in [-0.2, -0.15) is 0 Å². The van der Waals surface area contributed by atoms with Crippen LogP contribution in [0, 0.1) is 0 Å². The third-order valence-electron chi connectivity index (χ3n) is 3.21. The van der Waals surface area contributed by atoms with Gasteiger partial charge >= 0.3 is 0 Å². The number of aromatic amines is 1. The first-order valence-corrected chi connectivity index (χ1v) is 6.36. The molecular formula is C12H17ClN2O2. The molecule has 0 radical (unpaired) electrons. The Morgan fingerprint density at radius 3 is 2.82 bits per heavy atom. The van der Waals surface area contributed by atoms with Crippen LogP contribution in [0.15, 0.2) is 12.3 Å². The van der Waals surface area contributed by atoms with E-state index in [1.165, 1.54) is 6.42 Å². The number of halogens is 1. The molecule has 1 aliphatic rings. The van der Waals surface area contributed by atoms with Crippen molar-refractivity contribution in [3.05, 3.63) is 23.0 Å². The molecule has 5 heteroatoms. The van der Waals surface area contributed by atoms with Crippen molar-refractivity contribution in [2.75, 3.05) is 13.2 Å². The molecule has 0 aliphatic heterocycles. The molecule has 1 fully saturated rings. The third kappa shape index (κ3) is 2.82. The zero-order valence-corrected chi connectivity index (χ0v) is 10.4. The lowest BCUT2D eigenvalue weighted by molar-refractivity contribution is 0.0557. The van der Waals surface area contributed by atoms with Crippen LogP contribution >= 0.6 is 11.6 Å². The monoisotopic (exact) mass is 256 g/mol. The van der Waals surface area contributed by atoms with Crippen LogP contribution in [-0.2, 0) is 0 Å². The summed E-state index contributed by atoms with van der Waals surface area (Å²) in [6.45, 7) is 0.721. The first kappa shape index (κ1) is 12.5.